The molecule has 3 nitrogen and oxygen atoms in total. The van der Waals surface area contributed by atoms with Gasteiger partial charge in [0.2, 0.25) is 5.91 Å². The lowest BCUT2D eigenvalue weighted by Gasteiger charge is -2.24. The van der Waals surface area contributed by atoms with Crippen LogP contribution in [0.3, 0.4) is 0 Å². The number of carbonyl (C=O) groups is 1. The molecule has 0 radical (unpaired) electrons. The fourth-order valence-electron chi connectivity index (χ4n) is 2.22. The molecule has 0 aliphatic carbocycles. The first-order valence-electron chi connectivity index (χ1n) is 5.88. The van der Waals surface area contributed by atoms with Gasteiger partial charge in [-0.05, 0) is 39.5 Å². The monoisotopic (exact) mass is 212 g/mol. The second-order valence-electron chi connectivity index (χ2n) is 5.72. The minimum atomic E-state index is -0.232. The Kier molecular flexibility index (Phi) is 3.77. The van der Waals surface area contributed by atoms with Crippen LogP contribution in [0.4, 0.5) is 0 Å². The molecule has 2 unspecified atom stereocenters. The standard InChI is InChI=1S/C12H24N2O/c1-9-7-10(2)14(8-9)11(15)5-6-12(3,4)13/h9-10H,5-8,13H2,1-4H3. The number of hydrogen-bond acceptors (Lipinski definition) is 2. The topological polar surface area (TPSA) is 46.3 Å². The van der Waals surface area contributed by atoms with Crippen LogP contribution < -0.4 is 5.73 Å². The van der Waals surface area contributed by atoms with Crippen molar-refractivity contribution in [2.75, 3.05) is 6.54 Å². The number of likely N-dealkylation sites (tertiary alicyclic amines) is 1. The van der Waals surface area contributed by atoms with Gasteiger partial charge in [0.05, 0.1) is 0 Å². The summed E-state index contributed by atoms with van der Waals surface area (Å²) in [5, 5.41) is 0. The van der Waals surface area contributed by atoms with E-state index in [2.05, 4.69) is 13.8 Å². The Balaban J connectivity index is 2.41. The van der Waals surface area contributed by atoms with E-state index in [4.69, 9.17) is 5.73 Å². The fourth-order valence-corrected chi connectivity index (χ4v) is 2.22. The van der Waals surface area contributed by atoms with Crippen molar-refractivity contribution >= 4 is 5.91 Å². The van der Waals surface area contributed by atoms with Gasteiger partial charge < -0.3 is 10.6 Å². The van der Waals surface area contributed by atoms with Crippen molar-refractivity contribution in [1.82, 2.24) is 4.90 Å². The first-order chi connectivity index (χ1) is 6.79. The summed E-state index contributed by atoms with van der Waals surface area (Å²) < 4.78 is 0. The van der Waals surface area contributed by atoms with Gasteiger partial charge in [-0.1, -0.05) is 6.92 Å². The summed E-state index contributed by atoms with van der Waals surface area (Å²) in [5.74, 6) is 0.917. The summed E-state index contributed by atoms with van der Waals surface area (Å²) in [7, 11) is 0. The molecule has 0 bridgehead atoms. The van der Waals surface area contributed by atoms with Crippen molar-refractivity contribution in [3.8, 4) is 0 Å². The van der Waals surface area contributed by atoms with Crippen molar-refractivity contribution in [2.24, 2.45) is 11.7 Å². The summed E-state index contributed by atoms with van der Waals surface area (Å²) in [6.07, 6.45) is 2.49. The first-order valence-corrected chi connectivity index (χ1v) is 5.88. The third kappa shape index (κ3) is 3.82. The highest BCUT2D eigenvalue weighted by atomic mass is 16.2. The Hall–Kier alpha value is -0.570. The Bertz CT molecular complexity index is 232. The summed E-state index contributed by atoms with van der Waals surface area (Å²) in [4.78, 5) is 13.9. The predicted octanol–water partition coefficient (Wildman–Crippen LogP) is 1.76. The molecule has 0 spiro atoms. The van der Waals surface area contributed by atoms with Gasteiger partial charge >= 0.3 is 0 Å². The van der Waals surface area contributed by atoms with E-state index in [1.165, 1.54) is 0 Å². The number of nitrogens with two attached hydrogens (primary N) is 1. The minimum absolute atomic E-state index is 0.232. The van der Waals surface area contributed by atoms with Crippen molar-refractivity contribution in [1.29, 1.82) is 0 Å². The lowest BCUT2D eigenvalue weighted by atomic mass is 9.99. The van der Waals surface area contributed by atoms with E-state index >= 15 is 0 Å². The Morgan fingerprint density at radius 1 is 1.47 bits per heavy atom. The molecule has 3 heteroatoms. The molecule has 1 fully saturated rings. The lowest BCUT2D eigenvalue weighted by molar-refractivity contribution is -0.132. The van der Waals surface area contributed by atoms with Gasteiger partial charge in [0.15, 0.2) is 0 Å². The zero-order valence-electron chi connectivity index (χ0n) is 10.4. The molecule has 1 rings (SSSR count). The lowest BCUT2D eigenvalue weighted by Crippen LogP contribution is -2.37. The Morgan fingerprint density at radius 3 is 2.47 bits per heavy atom. The van der Waals surface area contributed by atoms with E-state index in [0.29, 0.717) is 18.4 Å². The highest BCUT2D eigenvalue weighted by molar-refractivity contribution is 5.76. The van der Waals surface area contributed by atoms with E-state index in [0.717, 1.165) is 19.4 Å². The van der Waals surface area contributed by atoms with Crippen molar-refractivity contribution < 1.29 is 4.79 Å². The van der Waals surface area contributed by atoms with Gasteiger partial charge in [0.1, 0.15) is 0 Å². The summed E-state index contributed by atoms with van der Waals surface area (Å²) in [5.41, 5.74) is 5.64. The highest BCUT2D eigenvalue weighted by Crippen LogP contribution is 2.23. The van der Waals surface area contributed by atoms with Crippen LogP contribution in [0.1, 0.15) is 47.0 Å². The van der Waals surface area contributed by atoms with Crippen LogP contribution in [0.5, 0.6) is 0 Å². The average molecular weight is 212 g/mol. The van der Waals surface area contributed by atoms with Crippen LogP contribution in [0.25, 0.3) is 0 Å². The molecule has 2 N–H and O–H groups in total. The molecule has 0 aromatic carbocycles. The van der Waals surface area contributed by atoms with Gasteiger partial charge in [-0.3, -0.25) is 4.79 Å². The van der Waals surface area contributed by atoms with Gasteiger partial charge in [-0.2, -0.15) is 0 Å². The number of nitrogens with zero attached hydrogens (tertiary/aromatic N) is 1. The third-order valence-electron chi connectivity index (χ3n) is 3.09. The number of rotatable bonds is 3. The Morgan fingerprint density at radius 2 is 2.07 bits per heavy atom. The molecule has 88 valence electrons. The van der Waals surface area contributed by atoms with Crippen LogP contribution in [0, 0.1) is 5.92 Å². The molecule has 2 atom stereocenters. The van der Waals surface area contributed by atoms with E-state index < -0.39 is 0 Å². The fraction of sp³-hybridized carbons (Fsp3) is 0.917. The maximum atomic E-state index is 11.9. The molecule has 1 heterocycles. The van der Waals surface area contributed by atoms with Crippen LogP contribution in [0.2, 0.25) is 0 Å². The zero-order chi connectivity index (χ0) is 11.6. The van der Waals surface area contributed by atoms with E-state index in [9.17, 15) is 4.79 Å². The van der Waals surface area contributed by atoms with Crippen LogP contribution >= 0.6 is 0 Å². The molecule has 1 aliphatic rings. The summed E-state index contributed by atoms with van der Waals surface area (Å²) in [6, 6.07) is 0.411. The smallest absolute Gasteiger partial charge is 0.222 e. The van der Waals surface area contributed by atoms with Crippen LogP contribution in [-0.4, -0.2) is 28.9 Å². The maximum absolute atomic E-state index is 11.9. The van der Waals surface area contributed by atoms with Gasteiger partial charge in [-0.25, -0.2) is 0 Å². The van der Waals surface area contributed by atoms with E-state index in [1.807, 2.05) is 18.7 Å². The van der Waals surface area contributed by atoms with Gasteiger partial charge in [0.25, 0.3) is 0 Å². The number of carbonyl (C=O) groups excluding carboxylic acids is 1. The molecular weight excluding hydrogens is 188 g/mol. The van der Waals surface area contributed by atoms with Crippen molar-refractivity contribution in [3.05, 3.63) is 0 Å². The minimum Gasteiger partial charge on any atom is -0.340 e. The van der Waals surface area contributed by atoms with Gasteiger partial charge in [-0.15, -0.1) is 0 Å². The molecule has 15 heavy (non-hydrogen) atoms. The highest BCUT2D eigenvalue weighted by Gasteiger charge is 2.29. The van der Waals surface area contributed by atoms with E-state index in [-0.39, 0.29) is 11.4 Å². The SMILES string of the molecule is CC1CC(C)N(C(=O)CCC(C)(C)N)C1. The molecule has 0 aromatic rings. The Labute approximate surface area is 93.0 Å². The predicted molar refractivity (Wildman–Crippen MR) is 62.5 cm³/mol. The third-order valence-corrected chi connectivity index (χ3v) is 3.09. The molecule has 1 aliphatic heterocycles. The number of hydrogen-bond donors (Lipinski definition) is 1. The van der Waals surface area contributed by atoms with Crippen molar-refractivity contribution in [3.63, 3.8) is 0 Å². The second-order valence-corrected chi connectivity index (χ2v) is 5.72. The number of amides is 1. The molecule has 1 saturated heterocycles. The van der Waals surface area contributed by atoms with Gasteiger partial charge in [0, 0.05) is 24.5 Å². The summed E-state index contributed by atoms with van der Waals surface area (Å²) >= 11 is 0. The first kappa shape index (κ1) is 12.5. The quantitative estimate of drug-likeness (QED) is 0.775. The van der Waals surface area contributed by atoms with Crippen LogP contribution in [-0.2, 0) is 4.79 Å². The second kappa shape index (κ2) is 4.52. The molecule has 0 aromatic heterocycles. The van der Waals surface area contributed by atoms with Crippen molar-refractivity contribution in [2.45, 2.75) is 58.5 Å². The maximum Gasteiger partial charge on any atom is 0.222 e. The molecular formula is C12H24N2O. The summed E-state index contributed by atoms with van der Waals surface area (Å²) in [6.45, 7) is 9.20. The van der Waals surface area contributed by atoms with E-state index in [1.54, 1.807) is 0 Å². The molecule has 0 saturated carbocycles. The molecule has 1 amide bonds. The largest absolute Gasteiger partial charge is 0.340 e. The van der Waals surface area contributed by atoms with Crippen LogP contribution in [0.15, 0.2) is 0 Å². The zero-order valence-corrected chi connectivity index (χ0v) is 10.4. The normalized spacial score (nSPS) is 27.1. The average Bonchev–Trinajstić information content (AvgIpc) is 2.40.